The fraction of sp³-hybridized carbons (Fsp3) is 0.500. The van der Waals surface area contributed by atoms with E-state index in [2.05, 4.69) is 25.9 Å². The largest absolute Gasteiger partial charge is 0.358 e. The number of nitrogens with zero attached hydrogens (tertiary/aromatic N) is 2. The summed E-state index contributed by atoms with van der Waals surface area (Å²) in [5.74, 6) is 1.21. The highest BCUT2D eigenvalue weighted by Crippen LogP contribution is 2.29. The number of fused-ring (bicyclic) bond motifs is 1. The zero-order chi connectivity index (χ0) is 15.4. The first kappa shape index (κ1) is 15.5. The molecule has 1 atom stereocenters. The van der Waals surface area contributed by atoms with Crippen molar-refractivity contribution in [3.8, 4) is 0 Å². The second kappa shape index (κ2) is 6.71. The van der Waals surface area contributed by atoms with Crippen molar-refractivity contribution in [2.24, 2.45) is 0 Å². The van der Waals surface area contributed by atoms with Gasteiger partial charge in [-0.2, -0.15) is 4.98 Å². The number of carbonyl (C=O) groups is 1. The van der Waals surface area contributed by atoms with Gasteiger partial charge in [0, 0.05) is 18.5 Å². The Morgan fingerprint density at radius 2 is 2.19 bits per heavy atom. The van der Waals surface area contributed by atoms with Gasteiger partial charge in [-0.05, 0) is 26.3 Å². The first-order valence-electron chi connectivity index (χ1n) is 7.05. The van der Waals surface area contributed by atoms with Crippen molar-refractivity contribution in [3.63, 3.8) is 0 Å². The van der Waals surface area contributed by atoms with Crippen LogP contribution >= 0.6 is 11.3 Å². The molecule has 0 saturated carbocycles. The van der Waals surface area contributed by atoms with Gasteiger partial charge < -0.3 is 16.0 Å². The highest BCUT2D eigenvalue weighted by Gasteiger charge is 2.16. The summed E-state index contributed by atoms with van der Waals surface area (Å²) in [5, 5.41) is 9.96. The van der Waals surface area contributed by atoms with Crippen LogP contribution in [0.25, 0.3) is 10.2 Å². The average Bonchev–Trinajstić information content (AvgIpc) is 2.84. The second-order valence-electron chi connectivity index (χ2n) is 4.88. The molecule has 0 aliphatic rings. The minimum Gasteiger partial charge on any atom is -0.358 e. The lowest BCUT2D eigenvalue weighted by Crippen LogP contribution is -2.38. The Labute approximate surface area is 128 Å². The molecule has 1 unspecified atom stereocenters. The molecule has 0 spiro atoms. The monoisotopic (exact) mass is 307 g/mol. The molecule has 3 N–H and O–H groups in total. The number of rotatable bonds is 6. The Morgan fingerprint density at radius 3 is 2.86 bits per heavy atom. The van der Waals surface area contributed by atoms with Crippen molar-refractivity contribution < 1.29 is 4.79 Å². The minimum atomic E-state index is -0.348. The van der Waals surface area contributed by atoms with Crippen LogP contribution in [-0.4, -0.2) is 35.5 Å². The zero-order valence-corrected chi connectivity index (χ0v) is 13.6. The number of carbonyl (C=O) groups excluding carboxylic acids is 1. The summed E-state index contributed by atoms with van der Waals surface area (Å²) in [6.45, 7) is 6.58. The molecule has 7 heteroatoms. The summed E-state index contributed by atoms with van der Waals surface area (Å²) in [6.07, 6.45) is 0.920. The van der Waals surface area contributed by atoms with Crippen LogP contribution in [0.1, 0.15) is 25.1 Å². The first-order chi connectivity index (χ1) is 10.0. The van der Waals surface area contributed by atoms with E-state index < -0.39 is 0 Å². The molecule has 0 saturated heterocycles. The number of hydrogen-bond acceptors (Lipinski definition) is 6. The molecular weight excluding hydrogens is 286 g/mol. The Bertz CT molecular complexity index is 640. The van der Waals surface area contributed by atoms with Crippen LogP contribution in [0.4, 0.5) is 11.8 Å². The number of thiophene rings is 1. The number of aromatic nitrogens is 2. The van der Waals surface area contributed by atoms with E-state index >= 15 is 0 Å². The molecule has 0 aliphatic carbocycles. The van der Waals surface area contributed by atoms with Crippen LogP contribution in [0.3, 0.4) is 0 Å². The lowest BCUT2D eigenvalue weighted by atomic mass is 10.2. The van der Waals surface area contributed by atoms with Crippen molar-refractivity contribution in [2.75, 3.05) is 24.2 Å². The van der Waals surface area contributed by atoms with Gasteiger partial charge in [-0.1, -0.05) is 6.92 Å². The quantitative estimate of drug-likeness (QED) is 0.763. The predicted octanol–water partition coefficient (Wildman–Crippen LogP) is 2.37. The third-order valence-electron chi connectivity index (χ3n) is 3.04. The van der Waals surface area contributed by atoms with Gasteiger partial charge in [0.25, 0.3) is 0 Å². The van der Waals surface area contributed by atoms with E-state index in [1.54, 1.807) is 18.4 Å². The van der Waals surface area contributed by atoms with Crippen molar-refractivity contribution in [1.82, 2.24) is 15.3 Å². The van der Waals surface area contributed by atoms with Gasteiger partial charge in [0.1, 0.15) is 16.7 Å². The van der Waals surface area contributed by atoms with Gasteiger partial charge in [0.2, 0.25) is 11.9 Å². The number of amides is 1. The van der Waals surface area contributed by atoms with Gasteiger partial charge in [-0.3, -0.25) is 4.79 Å². The molecule has 21 heavy (non-hydrogen) atoms. The Hall–Kier alpha value is -1.89. The molecule has 2 heterocycles. The molecule has 0 radical (unpaired) electrons. The van der Waals surface area contributed by atoms with Crippen LogP contribution in [0.5, 0.6) is 0 Å². The molecular formula is C14H21N5OS. The van der Waals surface area contributed by atoms with Crippen LogP contribution in [0, 0.1) is 6.92 Å². The van der Waals surface area contributed by atoms with E-state index in [0.29, 0.717) is 18.3 Å². The third kappa shape index (κ3) is 3.60. The highest BCUT2D eigenvalue weighted by atomic mass is 32.1. The van der Waals surface area contributed by atoms with Crippen molar-refractivity contribution >= 4 is 39.2 Å². The zero-order valence-electron chi connectivity index (χ0n) is 12.8. The summed E-state index contributed by atoms with van der Waals surface area (Å²) in [6, 6.07) is 1.69. The molecule has 0 bridgehead atoms. The Morgan fingerprint density at radius 1 is 1.43 bits per heavy atom. The lowest BCUT2D eigenvalue weighted by molar-refractivity contribution is -0.121. The van der Waals surface area contributed by atoms with Gasteiger partial charge in [-0.25, -0.2) is 4.98 Å². The fourth-order valence-electron chi connectivity index (χ4n) is 1.94. The smallest absolute Gasteiger partial charge is 0.242 e. The van der Waals surface area contributed by atoms with E-state index in [-0.39, 0.29) is 11.9 Å². The molecule has 0 fully saturated rings. The Kier molecular flexibility index (Phi) is 4.95. The molecule has 1 amide bonds. The SMILES string of the molecule is CCCNC(=O)C(C)Nc1nc(NC)nc2sc(C)cc12. The summed E-state index contributed by atoms with van der Waals surface area (Å²) in [7, 11) is 1.78. The van der Waals surface area contributed by atoms with Crippen LogP contribution in [-0.2, 0) is 4.79 Å². The number of hydrogen-bond donors (Lipinski definition) is 3. The predicted molar refractivity (Wildman–Crippen MR) is 88.1 cm³/mol. The van der Waals surface area contributed by atoms with E-state index in [1.807, 2.05) is 26.8 Å². The van der Waals surface area contributed by atoms with Crippen LogP contribution in [0.2, 0.25) is 0 Å². The van der Waals surface area contributed by atoms with Crippen LogP contribution in [0.15, 0.2) is 6.07 Å². The van der Waals surface area contributed by atoms with E-state index in [1.165, 1.54) is 4.88 Å². The van der Waals surface area contributed by atoms with E-state index in [0.717, 1.165) is 16.6 Å². The number of aryl methyl sites for hydroxylation is 1. The van der Waals surface area contributed by atoms with Gasteiger partial charge in [0.05, 0.1) is 5.39 Å². The van der Waals surface area contributed by atoms with E-state index in [9.17, 15) is 4.79 Å². The molecule has 0 aromatic carbocycles. The van der Waals surface area contributed by atoms with Gasteiger partial charge in [-0.15, -0.1) is 11.3 Å². The normalized spacial score (nSPS) is 12.2. The first-order valence-corrected chi connectivity index (χ1v) is 7.87. The molecule has 114 valence electrons. The Balaban J connectivity index is 2.26. The third-order valence-corrected chi connectivity index (χ3v) is 3.98. The van der Waals surface area contributed by atoms with Crippen LogP contribution < -0.4 is 16.0 Å². The summed E-state index contributed by atoms with van der Waals surface area (Å²) in [5.41, 5.74) is 0. The van der Waals surface area contributed by atoms with Gasteiger partial charge in [0.15, 0.2) is 0 Å². The topological polar surface area (TPSA) is 78.9 Å². The maximum absolute atomic E-state index is 12.0. The average molecular weight is 307 g/mol. The number of anilines is 2. The second-order valence-corrected chi connectivity index (χ2v) is 6.11. The molecule has 2 aromatic heterocycles. The summed E-state index contributed by atoms with van der Waals surface area (Å²) >= 11 is 1.61. The maximum atomic E-state index is 12.0. The minimum absolute atomic E-state index is 0.0263. The van der Waals surface area contributed by atoms with E-state index in [4.69, 9.17) is 0 Å². The molecule has 0 aliphatic heterocycles. The molecule has 2 rings (SSSR count). The summed E-state index contributed by atoms with van der Waals surface area (Å²) < 4.78 is 0. The molecule has 2 aromatic rings. The summed E-state index contributed by atoms with van der Waals surface area (Å²) in [4.78, 5) is 22.9. The van der Waals surface area contributed by atoms with Crippen molar-refractivity contribution in [1.29, 1.82) is 0 Å². The number of nitrogens with one attached hydrogen (secondary N) is 3. The van der Waals surface area contributed by atoms with Crippen molar-refractivity contribution in [2.45, 2.75) is 33.2 Å². The van der Waals surface area contributed by atoms with Crippen molar-refractivity contribution in [3.05, 3.63) is 10.9 Å². The van der Waals surface area contributed by atoms with Gasteiger partial charge >= 0.3 is 0 Å². The highest BCUT2D eigenvalue weighted by molar-refractivity contribution is 7.18. The standard InChI is InChI=1S/C14H21N5OS/c1-5-6-16-12(20)9(3)17-11-10-7-8(2)21-13(10)19-14(15-4)18-11/h7,9H,5-6H2,1-4H3,(H,16,20)(H2,15,17,18,19). The molecule has 6 nitrogen and oxygen atoms in total. The lowest BCUT2D eigenvalue weighted by Gasteiger charge is -2.15. The maximum Gasteiger partial charge on any atom is 0.242 e. The fourth-order valence-corrected chi connectivity index (χ4v) is 2.82.